The lowest BCUT2D eigenvalue weighted by Gasteiger charge is -2.28. The van der Waals surface area contributed by atoms with Crippen molar-refractivity contribution in [1.29, 1.82) is 0 Å². The van der Waals surface area contributed by atoms with Gasteiger partial charge in [0.1, 0.15) is 0 Å². The molecule has 4 nitrogen and oxygen atoms in total. The lowest BCUT2D eigenvalue weighted by atomic mass is 10.2. The standard InChI is InChI=1S/C8H15N3O/c1-11-3-2-7(10-11)6-12-8-4-9-5-8/h2-3,7-10H,4-6H2,1H3. The van der Waals surface area contributed by atoms with E-state index >= 15 is 0 Å². The van der Waals surface area contributed by atoms with Gasteiger partial charge < -0.3 is 15.1 Å². The molecule has 0 bridgehead atoms. The number of hydrogen-bond acceptors (Lipinski definition) is 4. The number of hydrazine groups is 1. The van der Waals surface area contributed by atoms with Crippen molar-refractivity contribution in [2.45, 2.75) is 12.1 Å². The second-order valence-corrected chi connectivity index (χ2v) is 3.30. The average Bonchev–Trinajstić information content (AvgIpc) is 2.32. The molecule has 0 aromatic carbocycles. The fourth-order valence-electron chi connectivity index (χ4n) is 1.29. The van der Waals surface area contributed by atoms with Gasteiger partial charge in [0.05, 0.1) is 18.8 Å². The van der Waals surface area contributed by atoms with Crippen molar-refractivity contribution in [2.75, 3.05) is 26.7 Å². The van der Waals surface area contributed by atoms with Crippen molar-refractivity contribution in [3.8, 4) is 0 Å². The highest BCUT2D eigenvalue weighted by Gasteiger charge is 2.19. The first-order chi connectivity index (χ1) is 5.84. The van der Waals surface area contributed by atoms with Crippen molar-refractivity contribution in [2.24, 2.45) is 0 Å². The normalized spacial score (nSPS) is 29.4. The fraction of sp³-hybridized carbons (Fsp3) is 0.750. The summed E-state index contributed by atoms with van der Waals surface area (Å²) in [6.07, 6.45) is 4.57. The third kappa shape index (κ3) is 1.77. The predicted octanol–water partition coefficient (Wildman–Crippen LogP) is -0.693. The van der Waals surface area contributed by atoms with E-state index in [2.05, 4.69) is 16.8 Å². The van der Waals surface area contributed by atoms with Crippen molar-refractivity contribution < 1.29 is 4.74 Å². The molecule has 1 fully saturated rings. The minimum absolute atomic E-state index is 0.357. The topological polar surface area (TPSA) is 36.5 Å². The first kappa shape index (κ1) is 8.04. The molecule has 0 saturated carbocycles. The summed E-state index contributed by atoms with van der Waals surface area (Å²) in [6, 6.07) is 0.357. The largest absolute Gasteiger partial charge is 0.374 e. The summed E-state index contributed by atoms with van der Waals surface area (Å²) in [5.41, 5.74) is 3.23. The van der Waals surface area contributed by atoms with Gasteiger partial charge in [0.25, 0.3) is 0 Å². The Morgan fingerprint density at radius 2 is 2.42 bits per heavy atom. The maximum absolute atomic E-state index is 5.61. The lowest BCUT2D eigenvalue weighted by Crippen LogP contribution is -2.50. The van der Waals surface area contributed by atoms with Crippen molar-refractivity contribution in [1.82, 2.24) is 15.8 Å². The van der Waals surface area contributed by atoms with E-state index in [-0.39, 0.29) is 0 Å². The molecule has 1 unspecified atom stereocenters. The van der Waals surface area contributed by atoms with Crippen LogP contribution in [0.2, 0.25) is 0 Å². The average molecular weight is 169 g/mol. The molecule has 2 rings (SSSR count). The summed E-state index contributed by atoms with van der Waals surface area (Å²) < 4.78 is 5.61. The summed E-state index contributed by atoms with van der Waals surface area (Å²) in [4.78, 5) is 0. The van der Waals surface area contributed by atoms with Crippen LogP contribution in [-0.4, -0.2) is 43.9 Å². The maximum Gasteiger partial charge on any atom is 0.0824 e. The van der Waals surface area contributed by atoms with Crippen molar-refractivity contribution >= 4 is 0 Å². The Balaban J connectivity index is 1.63. The zero-order chi connectivity index (χ0) is 8.39. The number of ether oxygens (including phenoxy) is 1. The van der Waals surface area contributed by atoms with Crippen LogP contribution in [0.1, 0.15) is 0 Å². The van der Waals surface area contributed by atoms with Crippen LogP contribution in [0.25, 0.3) is 0 Å². The molecule has 0 spiro atoms. The van der Waals surface area contributed by atoms with Crippen LogP contribution in [0.15, 0.2) is 12.3 Å². The monoisotopic (exact) mass is 169 g/mol. The van der Waals surface area contributed by atoms with Crippen LogP contribution in [0.5, 0.6) is 0 Å². The van der Waals surface area contributed by atoms with Gasteiger partial charge in [-0.1, -0.05) is 0 Å². The quantitative estimate of drug-likeness (QED) is 0.586. The van der Waals surface area contributed by atoms with E-state index in [1.54, 1.807) is 0 Å². The minimum atomic E-state index is 0.357. The van der Waals surface area contributed by atoms with Crippen LogP contribution in [-0.2, 0) is 4.74 Å². The van der Waals surface area contributed by atoms with Gasteiger partial charge in [-0.05, 0) is 6.08 Å². The summed E-state index contributed by atoms with van der Waals surface area (Å²) in [6.45, 7) is 2.78. The number of rotatable bonds is 3. The van der Waals surface area contributed by atoms with Gasteiger partial charge >= 0.3 is 0 Å². The molecule has 68 valence electrons. The Morgan fingerprint density at radius 1 is 1.58 bits per heavy atom. The summed E-state index contributed by atoms with van der Waals surface area (Å²) in [5, 5.41) is 5.12. The van der Waals surface area contributed by atoms with Gasteiger partial charge in [0.15, 0.2) is 0 Å². The molecule has 4 heteroatoms. The maximum atomic E-state index is 5.61. The van der Waals surface area contributed by atoms with Crippen LogP contribution in [0.3, 0.4) is 0 Å². The number of hydrogen-bond donors (Lipinski definition) is 2. The lowest BCUT2D eigenvalue weighted by molar-refractivity contribution is 0.00917. The molecule has 0 radical (unpaired) electrons. The molecule has 12 heavy (non-hydrogen) atoms. The summed E-state index contributed by atoms with van der Waals surface area (Å²) >= 11 is 0. The molecule has 2 N–H and O–H groups in total. The summed E-state index contributed by atoms with van der Waals surface area (Å²) in [5.74, 6) is 0. The second kappa shape index (κ2) is 3.43. The van der Waals surface area contributed by atoms with Gasteiger partial charge in [-0.25, -0.2) is 5.43 Å². The number of nitrogens with zero attached hydrogens (tertiary/aromatic N) is 1. The molecular weight excluding hydrogens is 154 g/mol. The van der Waals surface area contributed by atoms with Crippen molar-refractivity contribution in [3.63, 3.8) is 0 Å². The highest BCUT2D eigenvalue weighted by molar-refractivity contribution is 4.97. The van der Waals surface area contributed by atoms with E-state index in [9.17, 15) is 0 Å². The molecule has 1 saturated heterocycles. The second-order valence-electron chi connectivity index (χ2n) is 3.30. The predicted molar refractivity (Wildman–Crippen MR) is 46.4 cm³/mol. The smallest absolute Gasteiger partial charge is 0.0824 e. The van der Waals surface area contributed by atoms with E-state index in [4.69, 9.17) is 4.74 Å². The van der Waals surface area contributed by atoms with Gasteiger partial charge in [0.2, 0.25) is 0 Å². The third-order valence-corrected chi connectivity index (χ3v) is 2.17. The molecule has 0 aromatic rings. The third-order valence-electron chi connectivity index (χ3n) is 2.17. The van der Waals surface area contributed by atoms with Crippen LogP contribution in [0.4, 0.5) is 0 Å². The SMILES string of the molecule is CN1C=CC(COC2CNC2)N1. The highest BCUT2D eigenvalue weighted by Crippen LogP contribution is 2.03. The Hall–Kier alpha value is -0.580. The molecule has 0 amide bonds. The zero-order valence-corrected chi connectivity index (χ0v) is 7.29. The number of nitrogens with one attached hydrogen (secondary N) is 2. The van der Waals surface area contributed by atoms with E-state index in [1.165, 1.54) is 0 Å². The fourth-order valence-corrected chi connectivity index (χ4v) is 1.29. The van der Waals surface area contributed by atoms with Crippen LogP contribution in [0, 0.1) is 0 Å². The molecule has 0 aromatic heterocycles. The van der Waals surface area contributed by atoms with Gasteiger partial charge in [-0.3, -0.25) is 0 Å². The molecular formula is C8H15N3O. The molecule has 2 aliphatic rings. The van der Waals surface area contributed by atoms with E-state index in [0.29, 0.717) is 12.1 Å². The summed E-state index contributed by atoms with van der Waals surface area (Å²) in [7, 11) is 1.99. The van der Waals surface area contributed by atoms with E-state index in [1.807, 2.05) is 18.3 Å². The van der Waals surface area contributed by atoms with Crippen LogP contribution >= 0.6 is 0 Å². The highest BCUT2D eigenvalue weighted by atomic mass is 16.5. The van der Waals surface area contributed by atoms with Gasteiger partial charge in [-0.15, -0.1) is 0 Å². The molecule has 2 heterocycles. The van der Waals surface area contributed by atoms with Crippen molar-refractivity contribution in [3.05, 3.63) is 12.3 Å². The first-order valence-corrected chi connectivity index (χ1v) is 4.34. The Morgan fingerprint density at radius 3 is 2.92 bits per heavy atom. The van der Waals surface area contributed by atoms with E-state index in [0.717, 1.165) is 19.7 Å². The van der Waals surface area contributed by atoms with Gasteiger partial charge in [0, 0.05) is 26.3 Å². The molecule has 1 atom stereocenters. The Bertz CT molecular complexity index is 179. The van der Waals surface area contributed by atoms with Crippen LogP contribution < -0.4 is 10.7 Å². The first-order valence-electron chi connectivity index (χ1n) is 4.34. The Labute approximate surface area is 72.5 Å². The minimum Gasteiger partial charge on any atom is -0.374 e. The molecule has 2 aliphatic heterocycles. The van der Waals surface area contributed by atoms with Gasteiger partial charge in [-0.2, -0.15) is 0 Å². The van der Waals surface area contributed by atoms with E-state index < -0.39 is 0 Å². The zero-order valence-electron chi connectivity index (χ0n) is 7.29. The molecule has 0 aliphatic carbocycles. The Kier molecular flexibility index (Phi) is 2.30.